The zero-order valence-electron chi connectivity index (χ0n) is 23.0. The maximum absolute atomic E-state index is 5.52. The maximum Gasteiger partial charge on any atom is 0.119 e. The van der Waals surface area contributed by atoms with E-state index < -0.39 is 0 Å². The van der Waals surface area contributed by atoms with Crippen LogP contribution in [-0.2, 0) is 0 Å². The summed E-state index contributed by atoms with van der Waals surface area (Å²) >= 11 is 1.78. The summed E-state index contributed by atoms with van der Waals surface area (Å²) < 4.78 is 13.4. The zero-order valence-corrected chi connectivity index (χ0v) is 23.9. The van der Waals surface area contributed by atoms with Crippen LogP contribution in [-0.4, -0.2) is 28.8 Å². The first kappa shape index (κ1) is 24.6. The second-order valence-corrected chi connectivity index (χ2v) is 11.3. The number of ether oxygens (including phenoxy) is 2. The van der Waals surface area contributed by atoms with Gasteiger partial charge in [0.1, 0.15) is 11.5 Å². The number of pyridine rings is 2. The van der Waals surface area contributed by atoms with E-state index in [1.807, 2.05) is 48.8 Å². The van der Waals surface area contributed by atoms with Crippen LogP contribution in [0.4, 0.5) is 0 Å². The van der Waals surface area contributed by atoms with E-state index in [9.17, 15) is 0 Å². The predicted molar refractivity (Wildman–Crippen MR) is 173 cm³/mol. The SMILES string of the molecule is COc1ccc2ncc(-c3sc(-c4cnc5ccc(OC)cc5c4)c4c3c3ccccc3n4-c3ccccc3)cc2c1. The highest BCUT2D eigenvalue weighted by molar-refractivity contribution is 7.21. The fraction of sp³-hybridized carbons (Fsp3) is 0.0556. The van der Waals surface area contributed by atoms with E-state index in [-0.39, 0.29) is 0 Å². The number of benzene rings is 4. The lowest BCUT2D eigenvalue weighted by Crippen LogP contribution is -1.93. The molecule has 202 valence electrons. The molecule has 0 amide bonds. The van der Waals surface area contributed by atoms with Crippen molar-refractivity contribution in [2.75, 3.05) is 14.2 Å². The average molecular weight is 564 g/mol. The van der Waals surface area contributed by atoms with Gasteiger partial charge in [0.05, 0.1) is 41.2 Å². The van der Waals surface area contributed by atoms with Crippen molar-refractivity contribution in [3.8, 4) is 38.1 Å². The molecule has 0 unspecified atom stereocenters. The summed E-state index contributed by atoms with van der Waals surface area (Å²) in [4.78, 5) is 12.0. The average Bonchev–Trinajstić information content (AvgIpc) is 3.60. The van der Waals surface area contributed by atoms with E-state index >= 15 is 0 Å². The Morgan fingerprint density at radius 1 is 0.619 bits per heavy atom. The van der Waals surface area contributed by atoms with Crippen LogP contribution in [0.2, 0.25) is 0 Å². The van der Waals surface area contributed by atoms with Crippen LogP contribution < -0.4 is 9.47 Å². The molecule has 4 aromatic heterocycles. The second kappa shape index (κ2) is 9.72. The van der Waals surface area contributed by atoms with Crippen LogP contribution in [0.3, 0.4) is 0 Å². The lowest BCUT2D eigenvalue weighted by atomic mass is 10.1. The van der Waals surface area contributed by atoms with Crippen LogP contribution >= 0.6 is 11.3 Å². The molecule has 8 aromatic rings. The Labute approximate surface area is 246 Å². The maximum atomic E-state index is 5.52. The molecule has 0 N–H and O–H groups in total. The van der Waals surface area contributed by atoms with Gasteiger partial charge in [-0.05, 0) is 66.7 Å². The molecular weight excluding hydrogens is 538 g/mol. The highest BCUT2D eigenvalue weighted by Crippen LogP contribution is 2.49. The number of nitrogens with zero attached hydrogens (tertiary/aromatic N) is 3. The van der Waals surface area contributed by atoms with Gasteiger partial charge in [-0.2, -0.15) is 0 Å². The lowest BCUT2D eigenvalue weighted by molar-refractivity contribution is 0.415. The number of rotatable bonds is 5. The van der Waals surface area contributed by atoms with Crippen molar-refractivity contribution in [3.05, 3.63) is 116 Å². The Bertz CT molecular complexity index is 2290. The van der Waals surface area contributed by atoms with Crippen molar-refractivity contribution in [1.29, 1.82) is 0 Å². The van der Waals surface area contributed by atoms with Gasteiger partial charge in [0, 0.05) is 55.6 Å². The van der Waals surface area contributed by atoms with Crippen LogP contribution in [0.15, 0.2) is 116 Å². The Balaban J connectivity index is 1.48. The smallest absolute Gasteiger partial charge is 0.119 e. The molecule has 0 fully saturated rings. The second-order valence-electron chi connectivity index (χ2n) is 10.2. The van der Waals surface area contributed by atoms with E-state index in [2.05, 4.69) is 71.3 Å². The van der Waals surface area contributed by atoms with Gasteiger partial charge in [0.15, 0.2) is 0 Å². The molecule has 0 saturated carbocycles. The Hall–Kier alpha value is -5.20. The molecule has 0 atom stereocenters. The summed E-state index contributed by atoms with van der Waals surface area (Å²) in [5.41, 5.74) is 7.45. The molecule has 8 rings (SSSR count). The number of hydrogen-bond donors (Lipinski definition) is 0. The van der Waals surface area contributed by atoms with Gasteiger partial charge in [0.25, 0.3) is 0 Å². The van der Waals surface area contributed by atoms with Crippen LogP contribution in [0.1, 0.15) is 0 Å². The summed E-state index contributed by atoms with van der Waals surface area (Å²) in [5.74, 6) is 1.63. The van der Waals surface area contributed by atoms with Crippen molar-refractivity contribution < 1.29 is 9.47 Å². The summed E-state index contributed by atoms with van der Waals surface area (Å²) in [6.07, 6.45) is 3.97. The number of hydrogen-bond acceptors (Lipinski definition) is 5. The van der Waals surface area contributed by atoms with Crippen molar-refractivity contribution >= 4 is 54.9 Å². The molecule has 0 aliphatic rings. The number of methoxy groups -OCH3 is 2. The molecule has 4 heterocycles. The molecule has 0 bridgehead atoms. The van der Waals surface area contributed by atoms with Crippen molar-refractivity contribution in [2.24, 2.45) is 0 Å². The van der Waals surface area contributed by atoms with Gasteiger partial charge in [-0.3, -0.25) is 9.97 Å². The highest BCUT2D eigenvalue weighted by Gasteiger charge is 2.24. The minimum absolute atomic E-state index is 0.814. The fourth-order valence-electron chi connectivity index (χ4n) is 5.85. The quantitative estimate of drug-likeness (QED) is 0.209. The van der Waals surface area contributed by atoms with Gasteiger partial charge < -0.3 is 14.0 Å². The normalized spacial score (nSPS) is 11.6. The first-order valence-electron chi connectivity index (χ1n) is 13.7. The summed E-state index contributed by atoms with van der Waals surface area (Å²) in [6, 6.07) is 35.7. The van der Waals surface area contributed by atoms with E-state index in [0.29, 0.717) is 0 Å². The Kier molecular flexibility index (Phi) is 5.69. The van der Waals surface area contributed by atoms with Crippen molar-refractivity contribution in [2.45, 2.75) is 0 Å². The lowest BCUT2D eigenvalue weighted by Gasteiger charge is -2.09. The number of thiophene rings is 1. The van der Waals surface area contributed by atoms with Crippen molar-refractivity contribution in [1.82, 2.24) is 14.5 Å². The molecular formula is C36H25N3O2S. The highest BCUT2D eigenvalue weighted by atomic mass is 32.1. The van der Waals surface area contributed by atoms with Crippen LogP contribution in [0.5, 0.6) is 11.5 Å². The van der Waals surface area contributed by atoms with Crippen LogP contribution in [0, 0.1) is 0 Å². The molecule has 6 heteroatoms. The standard InChI is InChI=1S/C36H25N3O2S/c1-40-27-12-14-30-22(18-27)16-24(20-37-30)35-33-29-10-6-7-11-32(29)39(26-8-4-3-5-9-26)34(33)36(42-35)25-17-23-19-28(41-2)13-15-31(23)38-21-25/h3-21H,1-2H3. The van der Waals surface area contributed by atoms with E-state index in [1.165, 1.54) is 15.6 Å². The molecule has 0 saturated heterocycles. The van der Waals surface area contributed by atoms with E-state index in [0.717, 1.165) is 66.0 Å². The molecule has 4 aromatic carbocycles. The first-order valence-corrected chi connectivity index (χ1v) is 14.5. The molecule has 42 heavy (non-hydrogen) atoms. The molecule has 5 nitrogen and oxygen atoms in total. The van der Waals surface area contributed by atoms with Gasteiger partial charge in [-0.15, -0.1) is 11.3 Å². The molecule has 0 aliphatic carbocycles. The third-order valence-corrected chi connectivity index (χ3v) is 9.11. The van der Waals surface area contributed by atoms with Gasteiger partial charge in [-0.1, -0.05) is 36.4 Å². The first-order chi connectivity index (χ1) is 20.7. The third-order valence-electron chi connectivity index (χ3n) is 7.84. The van der Waals surface area contributed by atoms with E-state index in [1.54, 1.807) is 25.6 Å². The minimum Gasteiger partial charge on any atom is -0.497 e. The molecule has 0 spiro atoms. The molecule has 0 radical (unpaired) electrons. The fourth-order valence-corrected chi connectivity index (χ4v) is 7.11. The zero-order chi connectivity index (χ0) is 28.2. The van der Waals surface area contributed by atoms with Crippen LogP contribution in [0.25, 0.3) is 70.2 Å². The Morgan fingerprint density at radius 2 is 1.21 bits per heavy atom. The predicted octanol–water partition coefficient (Wildman–Crippen LogP) is 9.29. The van der Waals surface area contributed by atoms with Gasteiger partial charge >= 0.3 is 0 Å². The van der Waals surface area contributed by atoms with Crippen molar-refractivity contribution in [3.63, 3.8) is 0 Å². The largest absolute Gasteiger partial charge is 0.497 e. The van der Waals surface area contributed by atoms with E-state index in [4.69, 9.17) is 19.4 Å². The summed E-state index contributed by atoms with van der Waals surface area (Å²) in [6.45, 7) is 0. The third kappa shape index (κ3) is 3.84. The van der Waals surface area contributed by atoms with Gasteiger partial charge in [0.2, 0.25) is 0 Å². The minimum atomic E-state index is 0.814. The molecule has 0 aliphatic heterocycles. The van der Waals surface area contributed by atoms with Gasteiger partial charge in [-0.25, -0.2) is 0 Å². The number of para-hydroxylation sites is 2. The number of fused-ring (bicyclic) bond motifs is 5. The topological polar surface area (TPSA) is 49.2 Å². The Morgan fingerprint density at radius 3 is 1.86 bits per heavy atom. The number of aromatic nitrogens is 3. The summed E-state index contributed by atoms with van der Waals surface area (Å²) in [7, 11) is 3.39. The monoisotopic (exact) mass is 563 g/mol. The summed E-state index contributed by atoms with van der Waals surface area (Å²) in [5, 5.41) is 4.50.